The number of carbonyl (C=O) groups is 1. The van der Waals surface area contributed by atoms with E-state index in [1.807, 2.05) is 37.6 Å². The number of rotatable bonds is 6. The van der Waals surface area contributed by atoms with E-state index in [1.165, 1.54) is 12.8 Å². The summed E-state index contributed by atoms with van der Waals surface area (Å²) in [5, 5.41) is 11.2. The van der Waals surface area contributed by atoms with Gasteiger partial charge in [-0.3, -0.25) is 0 Å². The lowest BCUT2D eigenvalue weighted by Crippen LogP contribution is -2.34. The number of alkyl carbamates (subject to hydrolysis) is 1. The molecule has 0 bridgehead atoms. The van der Waals surface area contributed by atoms with Gasteiger partial charge in [-0.15, -0.1) is 5.10 Å². The Balaban J connectivity index is 1.55. The fraction of sp³-hybridized carbons (Fsp3) is 0.588. The van der Waals surface area contributed by atoms with Crippen molar-refractivity contribution in [3.05, 3.63) is 16.6 Å². The van der Waals surface area contributed by atoms with Crippen LogP contribution in [0.25, 0.3) is 11.0 Å². The molecule has 0 saturated heterocycles. The Labute approximate surface area is 155 Å². The highest BCUT2D eigenvalue weighted by Crippen LogP contribution is 2.34. The Bertz CT molecular complexity index is 765. The second-order valence-electron chi connectivity index (χ2n) is 7.24. The van der Waals surface area contributed by atoms with Crippen LogP contribution in [0.2, 0.25) is 0 Å². The molecule has 25 heavy (non-hydrogen) atoms. The first kappa shape index (κ1) is 18.0. The first-order valence-electron chi connectivity index (χ1n) is 8.45. The SMILES string of the molecule is CC(C)(C)OC(=O)NCCOc1ccc2c(nnn2CC2CC2)c1Br. The number of ether oxygens (including phenoxy) is 2. The monoisotopic (exact) mass is 410 g/mol. The van der Waals surface area contributed by atoms with Gasteiger partial charge in [0, 0.05) is 6.54 Å². The van der Waals surface area contributed by atoms with Gasteiger partial charge < -0.3 is 14.8 Å². The second-order valence-corrected chi connectivity index (χ2v) is 8.03. The van der Waals surface area contributed by atoms with Crippen LogP contribution in [-0.2, 0) is 11.3 Å². The molecule has 1 amide bonds. The molecular formula is C17H23BrN4O3. The van der Waals surface area contributed by atoms with Gasteiger partial charge in [0.1, 0.15) is 23.5 Å². The summed E-state index contributed by atoms with van der Waals surface area (Å²) >= 11 is 3.54. The number of halogens is 1. The molecule has 1 aromatic carbocycles. The molecule has 0 spiro atoms. The molecule has 1 aliphatic carbocycles. The maximum Gasteiger partial charge on any atom is 0.407 e. The molecule has 136 valence electrons. The van der Waals surface area contributed by atoms with Crippen molar-refractivity contribution in [2.45, 2.75) is 45.8 Å². The molecule has 1 N–H and O–H groups in total. The van der Waals surface area contributed by atoms with E-state index in [1.54, 1.807) is 0 Å². The number of carbonyl (C=O) groups excluding carboxylic acids is 1. The quantitative estimate of drug-likeness (QED) is 0.737. The molecule has 1 aromatic heterocycles. The van der Waals surface area contributed by atoms with Crippen LogP contribution in [-0.4, -0.2) is 39.8 Å². The number of fused-ring (bicyclic) bond motifs is 1. The lowest BCUT2D eigenvalue weighted by Gasteiger charge is -2.19. The van der Waals surface area contributed by atoms with Gasteiger partial charge >= 0.3 is 6.09 Å². The Morgan fingerprint density at radius 2 is 2.16 bits per heavy atom. The van der Waals surface area contributed by atoms with E-state index in [0.29, 0.717) is 18.9 Å². The zero-order chi connectivity index (χ0) is 18.0. The third-order valence-corrected chi connectivity index (χ3v) is 4.51. The fourth-order valence-corrected chi connectivity index (χ4v) is 2.93. The molecule has 1 heterocycles. The van der Waals surface area contributed by atoms with Gasteiger partial charge in [-0.2, -0.15) is 0 Å². The van der Waals surface area contributed by atoms with Gasteiger partial charge in [0.15, 0.2) is 0 Å². The molecule has 0 aliphatic heterocycles. The van der Waals surface area contributed by atoms with E-state index in [0.717, 1.165) is 28.0 Å². The van der Waals surface area contributed by atoms with Gasteiger partial charge in [-0.1, -0.05) is 5.21 Å². The third-order valence-electron chi connectivity index (χ3n) is 3.75. The number of aromatic nitrogens is 3. The summed E-state index contributed by atoms with van der Waals surface area (Å²) in [5.74, 6) is 1.41. The molecule has 3 rings (SSSR count). The second kappa shape index (κ2) is 7.19. The Morgan fingerprint density at radius 1 is 1.40 bits per heavy atom. The highest BCUT2D eigenvalue weighted by Gasteiger charge is 2.23. The standard InChI is InChI=1S/C17H23BrN4O3/c1-17(2,3)25-16(23)19-8-9-24-13-7-6-12-15(14(13)18)20-21-22(12)10-11-4-5-11/h6-7,11H,4-5,8-10H2,1-3H3,(H,19,23). The first-order chi connectivity index (χ1) is 11.8. The highest BCUT2D eigenvalue weighted by atomic mass is 79.9. The van der Waals surface area contributed by atoms with E-state index in [9.17, 15) is 4.79 Å². The molecule has 1 fully saturated rings. The largest absolute Gasteiger partial charge is 0.490 e. The summed E-state index contributed by atoms with van der Waals surface area (Å²) in [7, 11) is 0. The van der Waals surface area contributed by atoms with Crippen molar-refractivity contribution in [1.82, 2.24) is 20.3 Å². The summed E-state index contributed by atoms with van der Waals surface area (Å²) in [5.41, 5.74) is 1.28. The predicted molar refractivity (Wildman–Crippen MR) is 97.7 cm³/mol. The highest BCUT2D eigenvalue weighted by molar-refractivity contribution is 9.10. The zero-order valence-corrected chi connectivity index (χ0v) is 16.3. The summed E-state index contributed by atoms with van der Waals surface area (Å²) in [6.07, 6.45) is 2.09. The minimum absolute atomic E-state index is 0.333. The minimum atomic E-state index is -0.509. The van der Waals surface area contributed by atoms with Crippen LogP contribution in [0.3, 0.4) is 0 Å². The van der Waals surface area contributed by atoms with Crippen LogP contribution in [0.1, 0.15) is 33.6 Å². The summed E-state index contributed by atoms with van der Waals surface area (Å²) in [6.45, 7) is 7.08. The average molecular weight is 411 g/mol. The molecule has 7 nitrogen and oxygen atoms in total. The van der Waals surface area contributed by atoms with Gasteiger partial charge in [0.2, 0.25) is 0 Å². The average Bonchev–Trinajstić information content (AvgIpc) is 3.23. The molecule has 1 aliphatic rings. The van der Waals surface area contributed by atoms with E-state index in [2.05, 4.69) is 31.6 Å². The summed E-state index contributed by atoms with van der Waals surface area (Å²) < 4.78 is 13.6. The van der Waals surface area contributed by atoms with Crippen LogP contribution in [0.4, 0.5) is 4.79 Å². The normalized spacial score (nSPS) is 14.6. The minimum Gasteiger partial charge on any atom is -0.490 e. The van der Waals surface area contributed by atoms with Crippen molar-refractivity contribution in [3.63, 3.8) is 0 Å². The number of benzene rings is 1. The van der Waals surface area contributed by atoms with Crippen molar-refractivity contribution in [3.8, 4) is 5.75 Å². The number of hydrogen-bond donors (Lipinski definition) is 1. The van der Waals surface area contributed by atoms with Gasteiger partial charge in [-0.25, -0.2) is 9.48 Å². The molecule has 1 saturated carbocycles. The van der Waals surface area contributed by atoms with Crippen molar-refractivity contribution in [1.29, 1.82) is 0 Å². The van der Waals surface area contributed by atoms with Crippen LogP contribution in [0.15, 0.2) is 16.6 Å². The van der Waals surface area contributed by atoms with Crippen LogP contribution in [0.5, 0.6) is 5.75 Å². The number of amides is 1. The van der Waals surface area contributed by atoms with Crippen molar-refractivity contribution < 1.29 is 14.3 Å². The van der Waals surface area contributed by atoms with Gasteiger partial charge in [-0.05, 0) is 67.6 Å². The fourth-order valence-electron chi connectivity index (χ4n) is 2.41. The maximum atomic E-state index is 11.6. The molecular weight excluding hydrogens is 388 g/mol. The maximum absolute atomic E-state index is 11.6. The number of nitrogens with zero attached hydrogens (tertiary/aromatic N) is 3. The van der Waals surface area contributed by atoms with Gasteiger partial charge in [0.05, 0.1) is 16.5 Å². The van der Waals surface area contributed by atoms with Crippen molar-refractivity contribution >= 4 is 33.1 Å². The van der Waals surface area contributed by atoms with Gasteiger partial charge in [0.25, 0.3) is 0 Å². The van der Waals surface area contributed by atoms with Crippen LogP contribution in [0, 0.1) is 5.92 Å². The van der Waals surface area contributed by atoms with E-state index in [4.69, 9.17) is 9.47 Å². The van der Waals surface area contributed by atoms with Crippen molar-refractivity contribution in [2.75, 3.05) is 13.2 Å². The third kappa shape index (κ3) is 4.84. The van der Waals surface area contributed by atoms with Crippen LogP contribution < -0.4 is 10.1 Å². The number of nitrogens with one attached hydrogen (secondary N) is 1. The molecule has 0 unspecified atom stereocenters. The Morgan fingerprint density at radius 3 is 2.84 bits per heavy atom. The molecule has 8 heteroatoms. The van der Waals surface area contributed by atoms with E-state index >= 15 is 0 Å². The topological polar surface area (TPSA) is 78.3 Å². The van der Waals surface area contributed by atoms with Crippen LogP contribution >= 0.6 is 15.9 Å². The van der Waals surface area contributed by atoms with E-state index < -0.39 is 11.7 Å². The summed E-state index contributed by atoms with van der Waals surface area (Å²) in [6, 6.07) is 3.87. The predicted octanol–water partition coefficient (Wildman–Crippen LogP) is 3.51. The molecule has 2 aromatic rings. The Hall–Kier alpha value is -1.83. The van der Waals surface area contributed by atoms with Crippen molar-refractivity contribution in [2.24, 2.45) is 5.92 Å². The zero-order valence-electron chi connectivity index (χ0n) is 14.7. The van der Waals surface area contributed by atoms with E-state index in [-0.39, 0.29) is 0 Å². The first-order valence-corrected chi connectivity index (χ1v) is 9.24. The number of hydrogen-bond acceptors (Lipinski definition) is 5. The Kier molecular flexibility index (Phi) is 5.17. The summed E-state index contributed by atoms with van der Waals surface area (Å²) in [4.78, 5) is 11.6. The smallest absolute Gasteiger partial charge is 0.407 e. The molecule has 0 radical (unpaired) electrons. The molecule has 0 atom stereocenters. The lowest BCUT2D eigenvalue weighted by atomic mass is 10.2. The lowest BCUT2D eigenvalue weighted by molar-refractivity contribution is 0.0520.